The molecule has 7 nitrogen and oxygen atoms in total. The first-order valence-electron chi connectivity index (χ1n) is 7.04. The van der Waals surface area contributed by atoms with Crippen molar-refractivity contribution in [3.8, 4) is 0 Å². The molecule has 1 aliphatic heterocycles. The number of rotatable bonds is 3. The highest BCUT2D eigenvalue weighted by Gasteiger charge is 2.35. The largest absolute Gasteiger partial charge is 0.352 e. The van der Waals surface area contributed by atoms with E-state index in [2.05, 4.69) is 30.2 Å². The maximum Gasteiger partial charge on any atom is 0.242 e. The lowest BCUT2D eigenvalue weighted by molar-refractivity contribution is -0.122. The molecule has 1 amide bonds. The summed E-state index contributed by atoms with van der Waals surface area (Å²) in [5.41, 5.74) is 1.45. The van der Waals surface area contributed by atoms with E-state index in [-0.39, 0.29) is 11.9 Å². The average Bonchev–Trinajstić information content (AvgIpc) is 2.96. The number of hydrogen-bond donors (Lipinski definition) is 2. The second-order valence-corrected chi connectivity index (χ2v) is 5.43. The van der Waals surface area contributed by atoms with Gasteiger partial charge in [0.1, 0.15) is 17.9 Å². The van der Waals surface area contributed by atoms with E-state index >= 15 is 0 Å². The van der Waals surface area contributed by atoms with Gasteiger partial charge in [0, 0.05) is 12.6 Å². The van der Waals surface area contributed by atoms with Crippen LogP contribution < -0.4 is 10.2 Å². The predicted octanol–water partition coefficient (Wildman–Crippen LogP) is 0.600. The fourth-order valence-electron chi connectivity index (χ4n) is 2.79. The highest BCUT2D eigenvalue weighted by atomic mass is 16.2. The van der Waals surface area contributed by atoms with Crippen LogP contribution in [0.3, 0.4) is 0 Å². The minimum atomic E-state index is -0.128. The van der Waals surface area contributed by atoms with E-state index in [1.165, 1.54) is 6.33 Å². The summed E-state index contributed by atoms with van der Waals surface area (Å²) in [5, 5.41) is 3.09. The van der Waals surface area contributed by atoms with Crippen molar-refractivity contribution >= 4 is 22.9 Å². The second-order valence-electron chi connectivity index (χ2n) is 5.43. The number of aromatic amines is 1. The van der Waals surface area contributed by atoms with Gasteiger partial charge >= 0.3 is 0 Å². The number of H-pyrrole nitrogens is 1. The molecule has 7 heteroatoms. The fraction of sp³-hybridized carbons (Fsp3) is 0.538. The summed E-state index contributed by atoms with van der Waals surface area (Å²) in [6.07, 6.45) is 7.21. The van der Waals surface area contributed by atoms with Crippen molar-refractivity contribution in [2.24, 2.45) is 0 Å². The lowest BCUT2D eigenvalue weighted by Crippen LogP contribution is -2.44. The zero-order valence-electron chi connectivity index (χ0n) is 11.0. The molecule has 4 rings (SSSR count). The highest BCUT2D eigenvalue weighted by molar-refractivity contribution is 5.90. The molecule has 1 atom stereocenters. The molecule has 1 saturated carbocycles. The molecule has 3 heterocycles. The summed E-state index contributed by atoms with van der Waals surface area (Å²) >= 11 is 0. The van der Waals surface area contributed by atoms with Gasteiger partial charge in [0.15, 0.2) is 11.5 Å². The molecular weight excluding hydrogens is 256 g/mol. The maximum absolute atomic E-state index is 12.3. The molecule has 1 unspecified atom stereocenters. The Morgan fingerprint density at radius 2 is 2.20 bits per heavy atom. The van der Waals surface area contributed by atoms with Crippen molar-refractivity contribution in [3.05, 3.63) is 12.7 Å². The molecule has 0 bridgehead atoms. The second kappa shape index (κ2) is 4.43. The Balaban J connectivity index is 1.65. The Kier molecular flexibility index (Phi) is 2.58. The van der Waals surface area contributed by atoms with E-state index in [0.29, 0.717) is 11.7 Å². The van der Waals surface area contributed by atoms with Crippen LogP contribution in [0.1, 0.15) is 25.7 Å². The Bertz CT molecular complexity index is 649. The van der Waals surface area contributed by atoms with Gasteiger partial charge in [-0.25, -0.2) is 15.0 Å². The number of nitrogens with zero attached hydrogens (tertiary/aromatic N) is 4. The first kappa shape index (κ1) is 11.6. The monoisotopic (exact) mass is 272 g/mol. The molecule has 2 fully saturated rings. The minimum absolute atomic E-state index is 0.122. The molecule has 104 valence electrons. The van der Waals surface area contributed by atoms with Crippen LogP contribution in [0, 0.1) is 0 Å². The Labute approximate surface area is 115 Å². The fourth-order valence-corrected chi connectivity index (χ4v) is 2.79. The summed E-state index contributed by atoms with van der Waals surface area (Å²) in [4.78, 5) is 30.1. The van der Waals surface area contributed by atoms with Crippen molar-refractivity contribution in [2.45, 2.75) is 37.8 Å². The minimum Gasteiger partial charge on any atom is -0.352 e. The molecule has 20 heavy (non-hydrogen) atoms. The van der Waals surface area contributed by atoms with E-state index in [9.17, 15) is 4.79 Å². The van der Waals surface area contributed by atoms with Crippen LogP contribution in [0.4, 0.5) is 5.82 Å². The number of carbonyl (C=O) groups excluding carboxylic acids is 1. The van der Waals surface area contributed by atoms with E-state index in [4.69, 9.17) is 0 Å². The number of aromatic nitrogens is 4. The predicted molar refractivity (Wildman–Crippen MR) is 73.2 cm³/mol. The summed E-state index contributed by atoms with van der Waals surface area (Å²) in [7, 11) is 0. The third-order valence-electron chi connectivity index (χ3n) is 3.95. The van der Waals surface area contributed by atoms with Crippen LogP contribution in [0.15, 0.2) is 12.7 Å². The van der Waals surface area contributed by atoms with Crippen LogP contribution in [0.25, 0.3) is 11.2 Å². The van der Waals surface area contributed by atoms with Crippen LogP contribution >= 0.6 is 0 Å². The molecule has 0 radical (unpaired) electrons. The van der Waals surface area contributed by atoms with Crippen molar-refractivity contribution in [1.82, 2.24) is 25.3 Å². The summed E-state index contributed by atoms with van der Waals surface area (Å²) in [6.45, 7) is 0.841. The van der Waals surface area contributed by atoms with Crippen molar-refractivity contribution in [3.63, 3.8) is 0 Å². The number of carbonyl (C=O) groups is 1. The van der Waals surface area contributed by atoms with Gasteiger partial charge < -0.3 is 15.2 Å². The number of nitrogens with one attached hydrogen (secondary N) is 2. The highest BCUT2D eigenvalue weighted by Crippen LogP contribution is 2.29. The van der Waals surface area contributed by atoms with Crippen LogP contribution in [-0.2, 0) is 4.79 Å². The average molecular weight is 272 g/mol. The number of anilines is 1. The SMILES string of the molecule is O=C(NC1CC1)C1CCCN1c1ncnc2nc[nH]c12. The van der Waals surface area contributed by atoms with Crippen molar-refractivity contribution < 1.29 is 4.79 Å². The van der Waals surface area contributed by atoms with E-state index in [1.54, 1.807) is 6.33 Å². The maximum atomic E-state index is 12.3. The molecule has 2 aromatic rings. The summed E-state index contributed by atoms with van der Waals surface area (Å²) in [5.74, 6) is 0.900. The zero-order chi connectivity index (χ0) is 13.5. The quantitative estimate of drug-likeness (QED) is 0.854. The van der Waals surface area contributed by atoms with Crippen LogP contribution in [0.5, 0.6) is 0 Å². The number of imidazole rings is 1. The first-order valence-corrected chi connectivity index (χ1v) is 7.04. The first-order chi connectivity index (χ1) is 9.83. The Hall–Kier alpha value is -2.18. The van der Waals surface area contributed by atoms with Gasteiger partial charge in [0.05, 0.1) is 6.33 Å². The standard InChI is InChI=1S/C13H16N6O/c20-13(18-8-3-4-8)9-2-1-5-19(9)12-10-11(15-6-14-10)16-7-17-12/h6-9H,1-5H2,(H,18,20)(H,14,15,16,17). The normalized spacial score (nSPS) is 22.4. The molecule has 2 aromatic heterocycles. The van der Waals surface area contributed by atoms with Gasteiger partial charge in [-0.15, -0.1) is 0 Å². The Morgan fingerprint density at radius 1 is 1.30 bits per heavy atom. The smallest absolute Gasteiger partial charge is 0.242 e. The summed E-state index contributed by atoms with van der Waals surface area (Å²) in [6, 6.07) is 0.263. The van der Waals surface area contributed by atoms with Crippen LogP contribution in [-0.4, -0.2) is 44.5 Å². The van der Waals surface area contributed by atoms with Crippen molar-refractivity contribution in [1.29, 1.82) is 0 Å². The van der Waals surface area contributed by atoms with E-state index in [0.717, 1.165) is 43.6 Å². The number of amides is 1. The van der Waals surface area contributed by atoms with E-state index in [1.807, 2.05) is 0 Å². The number of fused-ring (bicyclic) bond motifs is 1. The summed E-state index contributed by atoms with van der Waals surface area (Å²) < 4.78 is 0. The third kappa shape index (κ3) is 1.90. The van der Waals surface area contributed by atoms with Gasteiger partial charge in [0.2, 0.25) is 5.91 Å². The van der Waals surface area contributed by atoms with Crippen molar-refractivity contribution in [2.75, 3.05) is 11.4 Å². The molecule has 1 saturated heterocycles. The molecule has 0 aromatic carbocycles. The molecule has 0 spiro atoms. The topological polar surface area (TPSA) is 86.8 Å². The molecule has 2 aliphatic rings. The molecule has 2 N–H and O–H groups in total. The molecule has 1 aliphatic carbocycles. The number of hydrogen-bond acceptors (Lipinski definition) is 5. The van der Waals surface area contributed by atoms with Crippen LogP contribution in [0.2, 0.25) is 0 Å². The lowest BCUT2D eigenvalue weighted by atomic mass is 10.2. The van der Waals surface area contributed by atoms with Gasteiger partial charge in [-0.05, 0) is 25.7 Å². The van der Waals surface area contributed by atoms with Gasteiger partial charge in [0.25, 0.3) is 0 Å². The van der Waals surface area contributed by atoms with E-state index < -0.39 is 0 Å². The third-order valence-corrected chi connectivity index (χ3v) is 3.95. The van der Waals surface area contributed by atoms with Gasteiger partial charge in [-0.2, -0.15) is 0 Å². The van der Waals surface area contributed by atoms with Gasteiger partial charge in [-0.3, -0.25) is 4.79 Å². The zero-order valence-corrected chi connectivity index (χ0v) is 11.0. The van der Waals surface area contributed by atoms with Gasteiger partial charge in [-0.1, -0.05) is 0 Å². The Morgan fingerprint density at radius 3 is 3.05 bits per heavy atom. The lowest BCUT2D eigenvalue weighted by Gasteiger charge is -2.24. The molecular formula is C13H16N6O.